The molecule has 0 saturated heterocycles. The van der Waals surface area contributed by atoms with Gasteiger partial charge in [0, 0.05) is 4.88 Å². The molecule has 3 rings (SSSR count). The summed E-state index contributed by atoms with van der Waals surface area (Å²) in [5, 5.41) is 14.1. The smallest absolute Gasteiger partial charge is 0.316 e. The fourth-order valence-corrected chi connectivity index (χ4v) is 5.14. The first kappa shape index (κ1) is 22.3. The van der Waals surface area contributed by atoms with Crippen molar-refractivity contribution in [3.63, 3.8) is 0 Å². The van der Waals surface area contributed by atoms with Crippen LogP contribution in [-0.4, -0.2) is 21.6 Å². The Hall–Kier alpha value is -2.42. The molecule has 0 aliphatic carbocycles. The Morgan fingerprint density at radius 2 is 2.13 bits per heavy atom. The van der Waals surface area contributed by atoms with Crippen LogP contribution in [0.5, 0.6) is 0 Å². The summed E-state index contributed by atoms with van der Waals surface area (Å²) in [5.74, 6) is -0.631. The van der Waals surface area contributed by atoms with Gasteiger partial charge in [-0.25, -0.2) is 9.97 Å². The van der Waals surface area contributed by atoms with E-state index in [0.29, 0.717) is 21.9 Å². The highest BCUT2D eigenvalue weighted by atomic mass is 32.2. The minimum atomic E-state index is -4.63. The van der Waals surface area contributed by atoms with Crippen LogP contribution in [0.25, 0.3) is 10.6 Å². The second-order valence-corrected chi connectivity index (χ2v) is 9.15. The van der Waals surface area contributed by atoms with Crippen LogP contribution < -0.4 is 5.32 Å². The third-order valence-corrected chi connectivity index (χ3v) is 6.83. The molecule has 0 aliphatic heterocycles. The molecule has 0 aromatic carbocycles. The van der Waals surface area contributed by atoms with Crippen LogP contribution in [0.2, 0.25) is 0 Å². The Kier molecular flexibility index (Phi) is 6.80. The van der Waals surface area contributed by atoms with E-state index in [2.05, 4.69) is 21.4 Å². The molecule has 0 unspecified atom stereocenters. The summed E-state index contributed by atoms with van der Waals surface area (Å²) in [6.45, 7) is 3.80. The van der Waals surface area contributed by atoms with Crippen LogP contribution in [0.1, 0.15) is 28.6 Å². The van der Waals surface area contributed by atoms with Crippen molar-refractivity contribution in [2.24, 2.45) is 0 Å². The highest BCUT2D eigenvalue weighted by molar-refractivity contribution is 7.99. The maximum absolute atomic E-state index is 13.2. The molecule has 0 fully saturated rings. The highest BCUT2D eigenvalue weighted by Crippen LogP contribution is 2.34. The Morgan fingerprint density at radius 1 is 1.37 bits per heavy atom. The molecule has 5 nitrogen and oxygen atoms in total. The first-order chi connectivity index (χ1) is 14.2. The molecule has 0 spiro atoms. The van der Waals surface area contributed by atoms with Crippen molar-refractivity contribution in [3.05, 3.63) is 45.3 Å². The molecule has 30 heavy (non-hydrogen) atoms. The van der Waals surface area contributed by atoms with Crippen LogP contribution >= 0.6 is 34.4 Å². The predicted molar refractivity (Wildman–Crippen MR) is 113 cm³/mol. The van der Waals surface area contributed by atoms with E-state index in [1.807, 2.05) is 13.8 Å². The van der Waals surface area contributed by atoms with Gasteiger partial charge in [-0.15, -0.1) is 22.7 Å². The van der Waals surface area contributed by atoms with E-state index in [9.17, 15) is 23.2 Å². The number of nitriles is 1. The summed E-state index contributed by atoms with van der Waals surface area (Å²) in [7, 11) is 0. The van der Waals surface area contributed by atoms with Crippen molar-refractivity contribution < 1.29 is 18.0 Å². The maximum Gasteiger partial charge on any atom is 0.433 e. The maximum atomic E-state index is 13.2. The molecule has 1 amide bonds. The van der Waals surface area contributed by atoms with Gasteiger partial charge in [0.05, 0.1) is 21.9 Å². The van der Waals surface area contributed by atoms with E-state index >= 15 is 0 Å². The van der Waals surface area contributed by atoms with Crippen molar-refractivity contribution in [1.82, 2.24) is 9.97 Å². The lowest BCUT2D eigenvalue weighted by atomic mass is 10.1. The van der Waals surface area contributed by atoms with Crippen molar-refractivity contribution in [3.8, 4) is 16.6 Å². The molecular formula is C19H15F3N4OS3. The number of aromatic nitrogens is 2. The monoisotopic (exact) mass is 468 g/mol. The summed E-state index contributed by atoms with van der Waals surface area (Å²) in [4.78, 5) is 21.6. The van der Waals surface area contributed by atoms with E-state index < -0.39 is 17.8 Å². The molecule has 0 radical (unpaired) electrons. The second kappa shape index (κ2) is 9.16. The Labute approximate surface area is 183 Å². The number of anilines is 1. The molecule has 0 atom stereocenters. The number of amides is 1. The number of alkyl halides is 3. The van der Waals surface area contributed by atoms with E-state index in [0.717, 1.165) is 28.3 Å². The molecule has 0 saturated carbocycles. The zero-order valence-corrected chi connectivity index (χ0v) is 18.3. The molecule has 11 heteroatoms. The first-order valence-electron chi connectivity index (χ1n) is 8.68. The number of hydrogen-bond acceptors (Lipinski definition) is 7. The summed E-state index contributed by atoms with van der Waals surface area (Å²) in [6, 6.07) is 6.39. The minimum absolute atomic E-state index is 0.138. The van der Waals surface area contributed by atoms with E-state index in [4.69, 9.17) is 0 Å². The quantitative estimate of drug-likeness (QED) is 0.368. The zero-order chi connectivity index (χ0) is 21.9. The number of hydrogen-bond donors (Lipinski definition) is 1. The lowest BCUT2D eigenvalue weighted by molar-refractivity contribution is -0.141. The van der Waals surface area contributed by atoms with Gasteiger partial charge in [0.1, 0.15) is 16.8 Å². The lowest BCUT2D eigenvalue weighted by Gasteiger charge is -2.09. The Morgan fingerprint density at radius 3 is 2.73 bits per heavy atom. The number of carbonyl (C=O) groups excluding carboxylic acids is 1. The highest BCUT2D eigenvalue weighted by Gasteiger charge is 2.34. The van der Waals surface area contributed by atoms with Gasteiger partial charge in [-0.05, 0) is 36.4 Å². The Bertz CT molecular complexity index is 1100. The largest absolute Gasteiger partial charge is 0.433 e. The minimum Gasteiger partial charge on any atom is -0.316 e. The number of thiophene rings is 2. The van der Waals surface area contributed by atoms with Crippen LogP contribution in [0.15, 0.2) is 28.7 Å². The zero-order valence-electron chi connectivity index (χ0n) is 15.8. The van der Waals surface area contributed by atoms with Crippen LogP contribution in [0.4, 0.5) is 18.2 Å². The molecular weight excluding hydrogens is 453 g/mol. The first-order valence-corrected chi connectivity index (χ1v) is 11.4. The predicted octanol–water partition coefficient (Wildman–Crippen LogP) is 5.76. The molecule has 156 valence electrons. The summed E-state index contributed by atoms with van der Waals surface area (Å²) in [6.07, 6.45) is -3.96. The van der Waals surface area contributed by atoms with Crippen molar-refractivity contribution in [1.29, 1.82) is 5.26 Å². The SMILES string of the molecule is CCc1c(C)sc(NC(=O)CSc2nc(-c3cccs3)cc(C(F)(F)F)n2)c1C#N. The van der Waals surface area contributed by atoms with Crippen molar-refractivity contribution in [2.45, 2.75) is 31.6 Å². The van der Waals surface area contributed by atoms with E-state index in [-0.39, 0.29) is 16.6 Å². The van der Waals surface area contributed by atoms with Crippen LogP contribution in [-0.2, 0) is 17.4 Å². The number of rotatable bonds is 6. The third kappa shape index (κ3) is 5.00. The summed E-state index contributed by atoms with van der Waals surface area (Å²) in [5.41, 5.74) is 0.404. The topological polar surface area (TPSA) is 78.7 Å². The third-order valence-electron chi connectivity index (χ3n) is 4.03. The van der Waals surface area contributed by atoms with Gasteiger partial charge in [0.25, 0.3) is 0 Å². The molecule has 3 aromatic rings. The average molecular weight is 469 g/mol. The average Bonchev–Trinajstić information content (AvgIpc) is 3.33. The van der Waals surface area contributed by atoms with Gasteiger partial charge in [-0.2, -0.15) is 18.4 Å². The normalized spacial score (nSPS) is 11.3. The van der Waals surface area contributed by atoms with E-state index in [1.54, 1.807) is 17.5 Å². The number of nitrogens with one attached hydrogen (secondary N) is 1. The van der Waals surface area contributed by atoms with Gasteiger partial charge in [-0.3, -0.25) is 4.79 Å². The standard InChI is InChI=1S/C19H15F3N4OS3/c1-3-11-10(2)30-17(12(11)8-23)26-16(27)9-29-18-24-13(14-5-4-6-28-14)7-15(25-18)19(20,21)22/h4-7H,3,9H2,1-2H3,(H,26,27). The number of carbonyl (C=O) groups is 1. The number of thioether (sulfide) groups is 1. The fraction of sp³-hybridized carbons (Fsp3) is 0.263. The number of halogens is 3. The Balaban J connectivity index is 1.78. The van der Waals surface area contributed by atoms with Gasteiger partial charge >= 0.3 is 6.18 Å². The van der Waals surface area contributed by atoms with Crippen LogP contribution in [0, 0.1) is 18.3 Å². The van der Waals surface area contributed by atoms with Crippen molar-refractivity contribution >= 4 is 45.3 Å². The molecule has 0 aliphatic rings. The van der Waals surface area contributed by atoms with Crippen LogP contribution in [0.3, 0.4) is 0 Å². The van der Waals surface area contributed by atoms with Gasteiger partial charge < -0.3 is 5.32 Å². The van der Waals surface area contributed by atoms with E-state index in [1.165, 1.54) is 22.7 Å². The van der Waals surface area contributed by atoms with Gasteiger partial charge in [-0.1, -0.05) is 24.8 Å². The molecule has 0 bridgehead atoms. The number of nitrogens with zero attached hydrogens (tertiary/aromatic N) is 3. The fourth-order valence-electron chi connectivity index (χ4n) is 2.69. The van der Waals surface area contributed by atoms with Crippen molar-refractivity contribution in [2.75, 3.05) is 11.1 Å². The summed E-state index contributed by atoms with van der Waals surface area (Å²) >= 11 is 3.38. The molecule has 3 aromatic heterocycles. The molecule has 3 heterocycles. The van der Waals surface area contributed by atoms with Gasteiger partial charge in [0.2, 0.25) is 5.91 Å². The number of aryl methyl sites for hydroxylation is 1. The summed E-state index contributed by atoms with van der Waals surface area (Å²) < 4.78 is 39.7. The molecule has 1 N–H and O–H groups in total. The van der Waals surface area contributed by atoms with Gasteiger partial charge in [0.15, 0.2) is 5.16 Å². The second-order valence-electron chi connectivity index (χ2n) is 6.04. The lowest BCUT2D eigenvalue weighted by Crippen LogP contribution is -2.15.